The van der Waals surface area contributed by atoms with Gasteiger partial charge in [-0.1, -0.05) is 6.07 Å². The van der Waals surface area contributed by atoms with Crippen LogP contribution in [0.15, 0.2) is 12.1 Å². The maximum atomic E-state index is 11.6. The van der Waals surface area contributed by atoms with E-state index in [2.05, 4.69) is 5.32 Å². The number of hydrogen-bond donors (Lipinski definition) is 2. The van der Waals surface area contributed by atoms with Gasteiger partial charge in [0.2, 0.25) is 5.91 Å². The van der Waals surface area contributed by atoms with Gasteiger partial charge < -0.3 is 15.8 Å². The monoisotopic (exact) mass is 236 g/mol. The number of nitrogens with two attached hydrogens (primary N) is 1. The largest absolute Gasteiger partial charge is 0.398 e. The zero-order valence-corrected chi connectivity index (χ0v) is 10.8. The number of carbonyl (C=O) groups excluding carboxylic acids is 1. The molecule has 0 aliphatic rings. The van der Waals surface area contributed by atoms with Gasteiger partial charge in [-0.05, 0) is 44.9 Å². The van der Waals surface area contributed by atoms with Gasteiger partial charge in [-0.25, -0.2) is 0 Å². The first kappa shape index (κ1) is 13.5. The zero-order valence-electron chi connectivity index (χ0n) is 10.8. The fourth-order valence-corrected chi connectivity index (χ4v) is 1.43. The molecule has 94 valence electrons. The Morgan fingerprint density at radius 1 is 1.35 bits per heavy atom. The second-order valence-electron chi connectivity index (χ2n) is 4.43. The number of ether oxygens (including phenoxy) is 1. The summed E-state index contributed by atoms with van der Waals surface area (Å²) in [7, 11) is 0. The summed E-state index contributed by atoms with van der Waals surface area (Å²) in [5, 5.41) is 2.79. The van der Waals surface area contributed by atoms with Crippen LogP contribution in [0.3, 0.4) is 0 Å². The summed E-state index contributed by atoms with van der Waals surface area (Å²) in [6.45, 7) is 7.72. The van der Waals surface area contributed by atoms with Crippen LogP contribution < -0.4 is 11.1 Å². The quantitative estimate of drug-likeness (QED) is 0.788. The van der Waals surface area contributed by atoms with Gasteiger partial charge in [0.15, 0.2) is 0 Å². The van der Waals surface area contributed by atoms with Crippen LogP contribution in [0.25, 0.3) is 0 Å². The van der Waals surface area contributed by atoms with E-state index in [4.69, 9.17) is 10.5 Å². The number of aryl methyl sites for hydroxylation is 2. The van der Waals surface area contributed by atoms with Gasteiger partial charge in [0.25, 0.3) is 0 Å². The van der Waals surface area contributed by atoms with E-state index >= 15 is 0 Å². The number of benzene rings is 1. The third kappa shape index (κ3) is 4.07. The number of rotatable bonds is 4. The van der Waals surface area contributed by atoms with Crippen molar-refractivity contribution >= 4 is 17.3 Å². The van der Waals surface area contributed by atoms with E-state index in [0.717, 1.165) is 16.8 Å². The molecular formula is C13H20N2O2. The van der Waals surface area contributed by atoms with E-state index in [1.54, 1.807) is 6.07 Å². The topological polar surface area (TPSA) is 64.3 Å². The van der Waals surface area contributed by atoms with Gasteiger partial charge >= 0.3 is 0 Å². The average Bonchev–Trinajstić information content (AvgIpc) is 2.23. The van der Waals surface area contributed by atoms with E-state index in [1.165, 1.54) is 0 Å². The first-order valence-electron chi connectivity index (χ1n) is 5.68. The van der Waals surface area contributed by atoms with Crippen LogP contribution in [-0.2, 0) is 9.53 Å². The molecular weight excluding hydrogens is 216 g/mol. The molecule has 0 aliphatic carbocycles. The summed E-state index contributed by atoms with van der Waals surface area (Å²) < 4.78 is 5.23. The van der Waals surface area contributed by atoms with Crippen LogP contribution in [0.1, 0.15) is 25.0 Å². The molecule has 1 amide bonds. The Morgan fingerprint density at radius 3 is 2.59 bits per heavy atom. The summed E-state index contributed by atoms with van der Waals surface area (Å²) in [4.78, 5) is 11.6. The normalized spacial score (nSPS) is 10.6. The van der Waals surface area contributed by atoms with Gasteiger partial charge in [0.05, 0.1) is 6.10 Å². The van der Waals surface area contributed by atoms with Gasteiger partial charge in [0, 0.05) is 11.4 Å². The van der Waals surface area contributed by atoms with Crippen LogP contribution in [0.5, 0.6) is 0 Å². The molecule has 3 N–H and O–H groups in total. The van der Waals surface area contributed by atoms with Crippen molar-refractivity contribution in [3.63, 3.8) is 0 Å². The lowest BCUT2D eigenvalue weighted by Crippen LogP contribution is -2.21. The lowest BCUT2D eigenvalue weighted by Gasteiger charge is -2.12. The van der Waals surface area contributed by atoms with Crippen molar-refractivity contribution in [1.82, 2.24) is 0 Å². The van der Waals surface area contributed by atoms with Crippen molar-refractivity contribution in [2.24, 2.45) is 0 Å². The molecule has 0 aliphatic heterocycles. The maximum Gasteiger partial charge on any atom is 0.250 e. The lowest BCUT2D eigenvalue weighted by molar-refractivity contribution is -0.121. The van der Waals surface area contributed by atoms with Crippen LogP contribution >= 0.6 is 0 Å². The van der Waals surface area contributed by atoms with Crippen molar-refractivity contribution in [1.29, 1.82) is 0 Å². The Labute approximate surface area is 102 Å². The molecule has 0 unspecified atom stereocenters. The summed E-state index contributed by atoms with van der Waals surface area (Å²) in [5.74, 6) is -0.162. The third-order valence-corrected chi connectivity index (χ3v) is 2.43. The highest BCUT2D eigenvalue weighted by atomic mass is 16.5. The molecule has 0 saturated heterocycles. The number of hydrogen-bond acceptors (Lipinski definition) is 3. The molecule has 17 heavy (non-hydrogen) atoms. The second-order valence-corrected chi connectivity index (χ2v) is 4.43. The molecule has 1 rings (SSSR count). The van der Waals surface area contributed by atoms with Gasteiger partial charge in [-0.2, -0.15) is 0 Å². The van der Waals surface area contributed by atoms with Crippen LogP contribution in [0.4, 0.5) is 11.4 Å². The number of carbonyl (C=O) groups is 1. The first-order chi connectivity index (χ1) is 7.90. The Morgan fingerprint density at radius 2 is 2.00 bits per heavy atom. The van der Waals surface area contributed by atoms with Crippen LogP contribution in [0.2, 0.25) is 0 Å². The van der Waals surface area contributed by atoms with E-state index in [1.807, 2.05) is 33.8 Å². The molecule has 1 aromatic rings. The number of nitrogens with one attached hydrogen (secondary N) is 1. The molecule has 4 heteroatoms. The molecule has 0 spiro atoms. The summed E-state index contributed by atoms with van der Waals surface area (Å²) in [5.41, 5.74) is 9.23. The van der Waals surface area contributed by atoms with Crippen molar-refractivity contribution in [3.8, 4) is 0 Å². The summed E-state index contributed by atoms with van der Waals surface area (Å²) in [6, 6.07) is 3.73. The third-order valence-electron chi connectivity index (χ3n) is 2.43. The predicted molar refractivity (Wildman–Crippen MR) is 70.0 cm³/mol. The molecule has 0 heterocycles. The van der Waals surface area contributed by atoms with Crippen LogP contribution in [-0.4, -0.2) is 18.6 Å². The van der Waals surface area contributed by atoms with E-state index in [-0.39, 0.29) is 18.6 Å². The Bertz CT molecular complexity index is 414. The predicted octanol–water partition coefficient (Wildman–Crippen LogP) is 2.25. The fraction of sp³-hybridized carbons (Fsp3) is 0.462. The minimum Gasteiger partial charge on any atom is -0.398 e. The molecule has 0 radical (unpaired) electrons. The lowest BCUT2D eigenvalue weighted by atomic mass is 10.1. The van der Waals surface area contributed by atoms with Crippen LogP contribution in [0, 0.1) is 13.8 Å². The summed E-state index contributed by atoms with van der Waals surface area (Å²) >= 11 is 0. The Balaban J connectivity index is 2.68. The van der Waals surface area contributed by atoms with Crippen molar-refractivity contribution in [2.45, 2.75) is 33.8 Å². The minimum absolute atomic E-state index is 0.0462. The second kappa shape index (κ2) is 5.68. The Kier molecular flexibility index (Phi) is 4.52. The highest BCUT2D eigenvalue weighted by Crippen LogP contribution is 2.22. The van der Waals surface area contributed by atoms with E-state index < -0.39 is 0 Å². The van der Waals surface area contributed by atoms with Crippen molar-refractivity contribution < 1.29 is 9.53 Å². The molecule has 0 aromatic heterocycles. The molecule has 0 saturated carbocycles. The Hall–Kier alpha value is -1.55. The number of nitrogen functional groups attached to an aromatic ring is 1. The van der Waals surface area contributed by atoms with Crippen molar-refractivity contribution in [3.05, 3.63) is 23.3 Å². The first-order valence-corrected chi connectivity index (χ1v) is 5.68. The average molecular weight is 236 g/mol. The highest BCUT2D eigenvalue weighted by Gasteiger charge is 2.07. The fourth-order valence-electron chi connectivity index (χ4n) is 1.43. The molecule has 0 atom stereocenters. The summed E-state index contributed by atoms with van der Waals surface area (Å²) in [6.07, 6.45) is 0.0462. The maximum absolute atomic E-state index is 11.6. The SMILES string of the molecule is Cc1cc(C)c(NC(=O)COC(C)C)cc1N. The molecule has 4 nitrogen and oxygen atoms in total. The van der Waals surface area contributed by atoms with E-state index in [0.29, 0.717) is 5.69 Å². The van der Waals surface area contributed by atoms with Gasteiger partial charge in [-0.15, -0.1) is 0 Å². The molecule has 1 aromatic carbocycles. The molecule has 0 bridgehead atoms. The smallest absolute Gasteiger partial charge is 0.250 e. The van der Waals surface area contributed by atoms with Gasteiger partial charge in [-0.3, -0.25) is 4.79 Å². The minimum atomic E-state index is -0.162. The van der Waals surface area contributed by atoms with Gasteiger partial charge in [0.1, 0.15) is 6.61 Å². The highest BCUT2D eigenvalue weighted by molar-refractivity contribution is 5.93. The molecule has 0 fully saturated rings. The van der Waals surface area contributed by atoms with E-state index in [9.17, 15) is 4.79 Å². The van der Waals surface area contributed by atoms with Crippen molar-refractivity contribution in [2.75, 3.05) is 17.7 Å². The number of amides is 1. The zero-order chi connectivity index (χ0) is 13.0. The number of anilines is 2. The standard InChI is InChI=1S/C13H20N2O2/c1-8(2)17-7-13(16)15-12-6-11(14)9(3)5-10(12)4/h5-6,8H,7,14H2,1-4H3,(H,15,16).